The lowest BCUT2D eigenvalue weighted by molar-refractivity contribution is -0.146. The number of anilines is 2. The highest BCUT2D eigenvalue weighted by molar-refractivity contribution is 14.1. The number of pyridine rings is 1. The van der Waals surface area contributed by atoms with Crippen LogP contribution in [0, 0.1) is 22.2 Å². The van der Waals surface area contributed by atoms with Crippen LogP contribution in [0.4, 0.5) is 15.9 Å². The lowest BCUT2D eigenvalue weighted by atomic mass is 9.98. The highest BCUT2D eigenvalue weighted by atomic mass is 127. The van der Waals surface area contributed by atoms with Gasteiger partial charge in [-0.15, -0.1) is 0 Å². The number of nitrogens with one attached hydrogen (secondary N) is 1. The molecule has 1 aromatic carbocycles. The Hall–Kier alpha value is -2.76. The first-order valence-electron chi connectivity index (χ1n) is 8.81. The number of aromatic nitrogens is 3. The Labute approximate surface area is 178 Å². The highest BCUT2D eigenvalue weighted by Crippen LogP contribution is 2.33. The number of hydrogen-bond donors (Lipinski definition) is 2. The van der Waals surface area contributed by atoms with Crippen molar-refractivity contribution in [3.05, 3.63) is 45.2 Å². The van der Waals surface area contributed by atoms with Gasteiger partial charge in [-0.3, -0.25) is 9.59 Å². The number of amides is 1. The number of carbonyl (C=O) groups is 2. The van der Waals surface area contributed by atoms with Crippen LogP contribution in [0.25, 0.3) is 11.0 Å². The van der Waals surface area contributed by atoms with Crippen LogP contribution in [-0.4, -0.2) is 49.5 Å². The molecule has 10 heteroatoms. The van der Waals surface area contributed by atoms with Gasteiger partial charge in [-0.05, 0) is 47.2 Å². The first-order valence-corrected chi connectivity index (χ1v) is 9.89. The molecule has 1 aliphatic heterocycles. The molecule has 1 fully saturated rings. The Kier molecular flexibility index (Phi) is 4.89. The molecule has 2 N–H and O–H groups in total. The third-order valence-corrected chi connectivity index (χ3v) is 5.59. The van der Waals surface area contributed by atoms with Crippen molar-refractivity contribution in [1.82, 2.24) is 19.4 Å². The number of halogens is 2. The fourth-order valence-electron chi connectivity index (χ4n) is 3.28. The van der Waals surface area contributed by atoms with E-state index in [0.29, 0.717) is 11.3 Å². The largest absolute Gasteiger partial charge is 0.481 e. The second-order valence-corrected chi connectivity index (χ2v) is 8.27. The minimum Gasteiger partial charge on any atom is -0.481 e. The van der Waals surface area contributed by atoms with E-state index in [2.05, 4.69) is 37.9 Å². The maximum absolute atomic E-state index is 15.4. The monoisotopic (exact) mass is 509 g/mol. The van der Waals surface area contributed by atoms with Crippen molar-refractivity contribution in [2.45, 2.75) is 6.92 Å². The summed E-state index contributed by atoms with van der Waals surface area (Å²) in [6.45, 7) is 2.03. The van der Waals surface area contributed by atoms with Gasteiger partial charge in [0, 0.05) is 29.9 Å². The minimum atomic E-state index is -0.945. The average Bonchev–Trinajstić information content (AvgIpc) is 2.98. The summed E-state index contributed by atoms with van der Waals surface area (Å²) in [5.74, 6) is -2.20. The van der Waals surface area contributed by atoms with Crippen molar-refractivity contribution in [3.8, 4) is 0 Å². The lowest BCUT2D eigenvalue weighted by Gasteiger charge is -2.37. The molecule has 1 saturated heterocycles. The van der Waals surface area contributed by atoms with E-state index in [9.17, 15) is 9.59 Å². The first-order chi connectivity index (χ1) is 13.8. The predicted octanol–water partition coefficient (Wildman–Crippen LogP) is 2.92. The number of aliphatic carboxylic acids is 1. The standard InChI is InChI=1S/C19H17FIN5O3/c1-9-3-11(21)5-22-17(9)24-15-12(18(27)26-6-10(7-26)19(28)29)4-13-16(14(15)20)23-8-25(13)2/h3-5,8,10H,6-7H2,1-2H3,(H,22,24)(H,28,29). The zero-order valence-corrected chi connectivity index (χ0v) is 17.8. The fraction of sp³-hybridized carbons (Fsp3) is 0.263. The van der Waals surface area contributed by atoms with Crippen molar-refractivity contribution in [3.63, 3.8) is 0 Å². The van der Waals surface area contributed by atoms with Gasteiger partial charge in [-0.2, -0.15) is 0 Å². The summed E-state index contributed by atoms with van der Waals surface area (Å²) in [6, 6.07) is 3.47. The van der Waals surface area contributed by atoms with Gasteiger partial charge >= 0.3 is 5.97 Å². The Morgan fingerprint density at radius 2 is 2.03 bits per heavy atom. The number of aryl methyl sites for hydroxylation is 2. The molecule has 0 radical (unpaired) electrons. The molecule has 3 aromatic rings. The molecule has 0 atom stereocenters. The third-order valence-electron chi connectivity index (χ3n) is 5.00. The molecule has 1 aliphatic rings. The molecule has 1 amide bonds. The third kappa shape index (κ3) is 3.41. The number of fused-ring (bicyclic) bond motifs is 1. The second-order valence-electron chi connectivity index (χ2n) is 7.03. The zero-order chi connectivity index (χ0) is 20.9. The highest BCUT2D eigenvalue weighted by Gasteiger charge is 2.37. The van der Waals surface area contributed by atoms with E-state index >= 15 is 4.39 Å². The number of imidazole rings is 1. The lowest BCUT2D eigenvalue weighted by Crippen LogP contribution is -2.53. The Morgan fingerprint density at radius 1 is 1.31 bits per heavy atom. The van der Waals surface area contributed by atoms with Crippen LogP contribution >= 0.6 is 22.6 Å². The molecular weight excluding hydrogens is 492 g/mol. The van der Waals surface area contributed by atoms with Crippen LogP contribution in [-0.2, 0) is 11.8 Å². The summed E-state index contributed by atoms with van der Waals surface area (Å²) < 4.78 is 17.9. The van der Waals surface area contributed by atoms with Crippen molar-refractivity contribution < 1.29 is 19.1 Å². The van der Waals surface area contributed by atoms with Crippen molar-refractivity contribution in [1.29, 1.82) is 0 Å². The smallest absolute Gasteiger partial charge is 0.310 e. The molecule has 4 rings (SSSR count). The Morgan fingerprint density at radius 3 is 2.69 bits per heavy atom. The van der Waals surface area contributed by atoms with Crippen LogP contribution in [0.3, 0.4) is 0 Å². The molecule has 2 aromatic heterocycles. The van der Waals surface area contributed by atoms with E-state index in [1.807, 2.05) is 13.0 Å². The number of carboxylic acids is 1. The molecule has 0 saturated carbocycles. The van der Waals surface area contributed by atoms with Gasteiger partial charge in [-0.25, -0.2) is 14.4 Å². The summed E-state index contributed by atoms with van der Waals surface area (Å²) >= 11 is 2.13. The maximum atomic E-state index is 15.4. The number of likely N-dealkylation sites (tertiary alicyclic amines) is 1. The second kappa shape index (κ2) is 7.25. The van der Waals surface area contributed by atoms with E-state index in [4.69, 9.17) is 5.11 Å². The van der Waals surface area contributed by atoms with E-state index < -0.39 is 23.6 Å². The van der Waals surface area contributed by atoms with Gasteiger partial charge < -0.3 is 19.9 Å². The molecule has 0 aliphatic carbocycles. The summed E-state index contributed by atoms with van der Waals surface area (Å²) in [4.78, 5) is 33.9. The molecule has 0 unspecified atom stereocenters. The fourth-order valence-corrected chi connectivity index (χ4v) is 3.88. The molecule has 0 bridgehead atoms. The van der Waals surface area contributed by atoms with Gasteiger partial charge in [0.15, 0.2) is 5.82 Å². The van der Waals surface area contributed by atoms with Crippen molar-refractivity contribution in [2.24, 2.45) is 13.0 Å². The summed E-state index contributed by atoms with van der Waals surface area (Å²) in [5, 5.41) is 12.0. The van der Waals surface area contributed by atoms with Crippen LogP contribution in [0.5, 0.6) is 0 Å². The average molecular weight is 509 g/mol. The van der Waals surface area contributed by atoms with Gasteiger partial charge in [0.05, 0.1) is 29.0 Å². The van der Waals surface area contributed by atoms with Gasteiger partial charge in [0.25, 0.3) is 5.91 Å². The van der Waals surface area contributed by atoms with E-state index in [1.54, 1.807) is 23.9 Å². The van der Waals surface area contributed by atoms with E-state index in [-0.39, 0.29) is 29.9 Å². The van der Waals surface area contributed by atoms with E-state index in [0.717, 1.165) is 9.13 Å². The van der Waals surface area contributed by atoms with Gasteiger partial charge in [0.1, 0.15) is 11.3 Å². The van der Waals surface area contributed by atoms with Crippen LogP contribution < -0.4 is 5.32 Å². The molecule has 29 heavy (non-hydrogen) atoms. The molecule has 8 nitrogen and oxygen atoms in total. The Bertz CT molecular complexity index is 1160. The van der Waals surface area contributed by atoms with Crippen LogP contribution in [0.15, 0.2) is 24.7 Å². The quantitative estimate of drug-likeness (QED) is 0.525. The Balaban J connectivity index is 1.79. The van der Waals surface area contributed by atoms with Crippen LogP contribution in [0.2, 0.25) is 0 Å². The number of hydrogen-bond acceptors (Lipinski definition) is 5. The van der Waals surface area contributed by atoms with Gasteiger partial charge in [-0.1, -0.05) is 0 Å². The number of rotatable bonds is 4. The van der Waals surface area contributed by atoms with E-state index in [1.165, 1.54) is 11.2 Å². The van der Waals surface area contributed by atoms with Crippen molar-refractivity contribution >= 4 is 57.0 Å². The zero-order valence-electron chi connectivity index (χ0n) is 15.6. The molecule has 3 heterocycles. The number of nitrogens with zero attached hydrogens (tertiary/aromatic N) is 4. The minimum absolute atomic E-state index is 0.0169. The maximum Gasteiger partial charge on any atom is 0.310 e. The van der Waals surface area contributed by atoms with Crippen LogP contribution in [0.1, 0.15) is 15.9 Å². The number of carbonyl (C=O) groups excluding carboxylic acids is 1. The number of carboxylic acid groups (broad SMARTS) is 1. The first kappa shape index (κ1) is 19.6. The SMILES string of the molecule is Cc1cc(I)cnc1Nc1c(C(=O)N2CC(C(=O)O)C2)cc2c(ncn2C)c1F. The van der Waals surface area contributed by atoms with Crippen molar-refractivity contribution in [2.75, 3.05) is 18.4 Å². The van der Waals surface area contributed by atoms with Gasteiger partial charge in [0.2, 0.25) is 0 Å². The normalized spacial score (nSPS) is 14.1. The summed E-state index contributed by atoms with van der Waals surface area (Å²) in [6.07, 6.45) is 3.12. The summed E-state index contributed by atoms with van der Waals surface area (Å²) in [7, 11) is 1.71. The number of benzene rings is 1. The molecule has 0 spiro atoms. The predicted molar refractivity (Wildman–Crippen MR) is 113 cm³/mol. The summed E-state index contributed by atoms with van der Waals surface area (Å²) in [5.41, 5.74) is 1.51. The topological polar surface area (TPSA) is 100 Å². The molecular formula is C19H17FIN5O3. The molecule has 150 valence electrons.